The van der Waals surface area contributed by atoms with E-state index in [-0.39, 0.29) is 18.0 Å². The molecule has 7 heteroatoms. The van der Waals surface area contributed by atoms with Gasteiger partial charge in [-0.2, -0.15) is 0 Å². The molecule has 0 fully saturated rings. The van der Waals surface area contributed by atoms with Crippen LogP contribution in [-0.2, 0) is 19.1 Å². The first-order valence-electron chi connectivity index (χ1n) is 23.1. The van der Waals surface area contributed by atoms with Gasteiger partial charge in [0.05, 0.1) is 0 Å². The fourth-order valence-corrected chi connectivity index (χ4v) is 6.65. The quantitative estimate of drug-likeness (QED) is 0.0323. The van der Waals surface area contributed by atoms with Crippen molar-refractivity contribution in [2.24, 2.45) is 5.73 Å². The van der Waals surface area contributed by atoms with E-state index >= 15 is 0 Å². The summed E-state index contributed by atoms with van der Waals surface area (Å²) in [6.45, 7) is 4.82. The van der Waals surface area contributed by atoms with Gasteiger partial charge in [0.1, 0.15) is 12.1 Å². The molecular weight excluding hydrogens is 697 g/mol. The largest absolute Gasteiger partial charge is 0.480 e. The number of esters is 1. The molecule has 4 N–H and O–H groups in total. The fraction of sp³-hybridized carbons (Fsp3) is 0.735. The molecule has 0 heterocycles. The Morgan fingerprint density at radius 3 is 1.48 bits per heavy atom. The number of carboxylic acid groups (broad SMARTS) is 1. The smallest absolute Gasteiger partial charge is 0.326 e. The maximum absolute atomic E-state index is 12.8. The van der Waals surface area contributed by atoms with Gasteiger partial charge in [0.15, 0.2) is 0 Å². The third kappa shape index (κ3) is 39.3. The van der Waals surface area contributed by atoms with Gasteiger partial charge in [-0.15, -0.1) is 0 Å². The average Bonchev–Trinajstić information content (AvgIpc) is 3.18. The van der Waals surface area contributed by atoms with E-state index in [9.17, 15) is 19.5 Å². The Morgan fingerprint density at radius 2 is 0.982 bits per heavy atom. The molecule has 322 valence electrons. The molecule has 0 aromatic carbocycles. The minimum Gasteiger partial charge on any atom is -0.480 e. The highest BCUT2D eigenvalue weighted by Gasteiger charge is 2.19. The lowest BCUT2D eigenvalue weighted by Crippen LogP contribution is -2.40. The second kappa shape index (κ2) is 43.2. The number of carbonyl (C=O) groups is 3. The maximum Gasteiger partial charge on any atom is 0.326 e. The van der Waals surface area contributed by atoms with Crippen molar-refractivity contribution in [3.05, 3.63) is 60.8 Å². The van der Waals surface area contributed by atoms with E-state index in [2.05, 4.69) is 79.9 Å². The third-order valence-corrected chi connectivity index (χ3v) is 10.1. The molecule has 0 spiro atoms. The summed E-state index contributed by atoms with van der Waals surface area (Å²) in [7, 11) is 0. The topological polar surface area (TPSA) is 119 Å². The number of nitrogens with two attached hydrogens (primary N) is 1. The molecule has 0 aromatic rings. The van der Waals surface area contributed by atoms with E-state index < -0.39 is 12.0 Å². The first kappa shape index (κ1) is 53.1. The number of unbranched alkanes of at least 4 members (excludes halogenated alkanes) is 17. The molecule has 0 saturated heterocycles. The first-order chi connectivity index (χ1) is 27.4. The number of allylic oxidation sites excluding steroid dienone is 10. The standard InChI is InChI=1S/C49H86N2O5/c1-3-5-7-9-11-12-13-14-15-16-17-18-19-20-21-22-23-24-25-26-28-33-37-43-48(53)56-45(39-34-30-27-10-8-6-4-2)40-35-31-29-32-36-42-47(52)51-46(49(54)55)41-38-44-50/h5,7,11-12,14-15,17-18,20-21,45-46H,3-4,6,8-10,13,16,19,22-44,50H2,1-2H3,(H,51,52)(H,54,55)/b7-5-,12-11-,15-14-,18-17-,21-20-. The fourth-order valence-electron chi connectivity index (χ4n) is 6.65. The van der Waals surface area contributed by atoms with Crippen molar-refractivity contribution in [1.29, 1.82) is 0 Å². The zero-order valence-electron chi connectivity index (χ0n) is 36.2. The molecule has 0 aliphatic heterocycles. The van der Waals surface area contributed by atoms with Crippen LogP contribution in [0.25, 0.3) is 0 Å². The van der Waals surface area contributed by atoms with Crippen molar-refractivity contribution in [3.63, 3.8) is 0 Å². The molecule has 0 radical (unpaired) electrons. The summed E-state index contributed by atoms with van der Waals surface area (Å²) in [4.78, 5) is 36.3. The Labute approximate surface area is 344 Å². The number of amides is 1. The first-order valence-corrected chi connectivity index (χ1v) is 23.1. The number of aliphatic carboxylic acids is 1. The average molecular weight is 783 g/mol. The van der Waals surface area contributed by atoms with Gasteiger partial charge in [-0.1, -0.05) is 164 Å². The molecule has 7 nitrogen and oxygen atoms in total. The molecule has 0 saturated carbocycles. The van der Waals surface area contributed by atoms with Gasteiger partial charge in [-0.3, -0.25) is 9.59 Å². The number of hydrogen-bond acceptors (Lipinski definition) is 5. The van der Waals surface area contributed by atoms with E-state index in [1.54, 1.807) is 0 Å². The molecule has 0 aliphatic carbocycles. The molecule has 56 heavy (non-hydrogen) atoms. The summed E-state index contributed by atoms with van der Waals surface area (Å²) in [5.74, 6) is -1.25. The SMILES string of the molecule is CC/C=C\C/C=C\C/C=C\C/C=C\C/C=C\CCCCCCCCCC(=O)OC(CCCCCCCCC)CCCCCCCC(=O)NC(CCCN)C(=O)O. The molecule has 1 amide bonds. The molecule has 0 bridgehead atoms. The predicted molar refractivity (Wildman–Crippen MR) is 239 cm³/mol. The van der Waals surface area contributed by atoms with Crippen LogP contribution in [0, 0.1) is 0 Å². The number of ether oxygens (including phenoxy) is 1. The molecular formula is C49H86N2O5. The van der Waals surface area contributed by atoms with E-state index in [0.29, 0.717) is 32.2 Å². The molecule has 0 rings (SSSR count). The van der Waals surface area contributed by atoms with Gasteiger partial charge in [-0.05, 0) is 103 Å². The van der Waals surface area contributed by atoms with Crippen LogP contribution in [0.5, 0.6) is 0 Å². The summed E-state index contributed by atoms with van der Waals surface area (Å²) in [5, 5.41) is 11.9. The normalized spacial score (nSPS) is 13.2. The lowest BCUT2D eigenvalue weighted by molar-refractivity contribution is -0.150. The molecule has 0 aromatic heterocycles. The Morgan fingerprint density at radius 1 is 0.536 bits per heavy atom. The number of rotatable bonds is 41. The monoisotopic (exact) mass is 783 g/mol. The van der Waals surface area contributed by atoms with Crippen molar-refractivity contribution in [2.75, 3.05) is 6.54 Å². The Kier molecular flexibility index (Phi) is 40.9. The van der Waals surface area contributed by atoms with Gasteiger partial charge < -0.3 is 20.9 Å². The summed E-state index contributed by atoms with van der Waals surface area (Å²) in [6.07, 6.45) is 54.2. The summed E-state index contributed by atoms with van der Waals surface area (Å²) < 4.78 is 6.02. The highest BCUT2D eigenvalue weighted by molar-refractivity contribution is 5.83. The predicted octanol–water partition coefficient (Wildman–Crippen LogP) is 13.3. The summed E-state index contributed by atoms with van der Waals surface area (Å²) in [5.41, 5.74) is 5.48. The van der Waals surface area contributed by atoms with Gasteiger partial charge in [0.2, 0.25) is 5.91 Å². The van der Waals surface area contributed by atoms with Crippen molar-refractivity contribution in [1.82, 2.24) is 5.32 Å². The minimum atomic E-state index is -1.01. The van der Waals surface area contributed by atoms with Crippen LogP contribution >= 0.6 is 0 Å². The van der Waals surface area contributed by atoms with Crippen LogP contribution in [0.4, 0.5) is 0 Å². The van der Waals surface area contributed by atoms with E-state index in [1.165, 1.54) is 70.6 Å². The van der Waals surface area contributed by atoms with Crippen LogP contribution < -0.4 is 11.1 Å². The second-order valence-electron chi connectivity index (χ2n) is 15.4. The number of carboxylic acids is 1. The Bertz CT molecular complexity index is 1060. The second-order valence-corrected chi connectivity index (χ2v) is 15.4. The van der Waals surface area contributed by atoms with Gasteiger partial charge in [0, 0.05) is 12.8 Å². The van der Waals surface area contributed by atoms with Crippen molar-refractivity contribution >= 4 is 17.8 Å². The van der Waals surface area contributed by atoms with Gasteiger partial charge >= 0.3 is 11.9 Å². The van der Waals surface area contributed by atoms with Crippen molar-refractivity contribution in [2.45, 2.75) is 225 Å². The van der Waals surface area contributed by atoms with Gasteiger partial charge in [-0.25, -0.2) is 4.79 Å². The Hall–Kier alpha value is -2.93. The Balaban J connectivity index is 4.11. The van der Waals surface area contributed by atoms with Crippen LogP contribution in [0.2, 0.25) is 0 Å². The molecule has 0 aliphatic rings. The zero-order valence-corrected chi connectivity index (χ0v) is 36.2. The van der Waals surface area contributed by atoms with Gasteiger partial charge in [0.25, 0.3) is 0 Å². The summed E-state index contributed by atoms with van der Waals surface area (Å²) >= 11 is 0. The van der Waals surface area contributed by atoms with Crippen molar-refractivity contribution < 1.29 is 24.2 Å². The highest BCUT2D eigenvalue weighted by Crippen LogP contribution is 2.19. The summed E-state index contributed by atoms with van der Waals surface area (Å²) in [6, 6.07) is -0.858. The number of nitrogens with one attached hydrogen (secondary N) is 1. The van der Waals surface area contributed by atoms with Crippen LogP contribution in [0.1, 0.15) is 213 Å². The van der Waals surface area contributed by atoms with Crippen LogP contribution in [-0.4, -0.2) is 41.6 Å². The van der Waals surface area contributed by atoms with E-state index in [0.717, 1.165) is 103 Å². The van der Waals surface area contributed by atoms with Crippen LogP contribution in [0.15, 0.2) is 60.8 Å². The number of hydrogen-bond donors (Lipinski definition) is 3. The minimum absolute atomic E-state index is 0.00774. The van der Waals surface area contributed by atoms with Crippen LogP contribution in [0.3, 0.4) is 0 Å². The molecule has 2 unspecified atom stereocenters. The van der Waals surface area contributed by atoms with E-state index in [1.807, 2.05) is 0 Å². The van der Waals surface area contributed by atoms with Crippen molar-refractivity contribution in [3.8, 4) is 0 Å². The number of carbonyl (C=O) groups excluding carboxylic acids is 2. The van der Waals surface area contributed by atoms with E-state index in [4.69, 9.17) is 10.5 Å². The highest BCUT2D eigenvalue weighted by atomic mass is 16.5. The molecule has 2 atom stereocenters. The lowest BCUT2D eigenvalue weighted by atomic mass is 10.0. The zero-order chi connectivity index (χ0) is 41.0. The third-order valence-electron chi connectivity index (χ3n) is 10.1. The maximum atomic E-state index is 12.8. The lowest BCUT2D eigenvalue weighted by Gasteiger charge is -2.18.